The van der Waals surface area contributed by atoms with E-state index >= 15 is 0 Å². The Morgan fingerprint density at radius 3 is 2.81 bits per heavy atom. The topological polar surface area (TPSA) is 41.1 Å². The maximum Gasteiger partial charge on any atom is 0.220 e. The molecule has 2 aliphatic rings. The zero-order chi connectivity index (χ0) is 14.4. The molecule has 0 aromatic carbocycles. The maximum atomic E-state index is 12.2. The lowest BCUT2D eigenvalue weighted by Gasteiger charge is -2.31. The van der Waals surface area contributed by atoms with Crippen LogP contribution in [0.5, 0.6) is 0 Å². The second kappa shape index (κ2) is 9.96. The number of rotatable bonds is 5. The zero-order valence-corrected chi connectivity index (χ0v) is 15.0. The molecule has 4 atom stereocenters. The fourth-order valence-electron chi connectivity index (χ4n) is 3.60. The molecule has 1 aliphatic heterocycles. The summed E-state index contributed by atoms with van der Waals surface area (Å²) in [6, 6.07) is 0.422. The largest absolute Gasteiger partial charge is 0.353 e. The van der Waals surface area contributed by atoms with Gasteiger partial charge in [0.25, 0.3) is 0 Å². The Hall–Kier alpha value is 0.0700. The van der Waals surface area contributed by atoms with Gasteiger partial charge in [0.15, 0.2) is 0 Å². The quantitative estimate of drug-likeness (QED) is 0.811. The molecule has 1 heterocycles. The summed E-state index contributed by atoms with van der Waals surface area (Å²) in [6.45, 7) is 4.48. The minimum Gasteiger partial charge on any atom is -0.353 e. The predicted molar refractivity (Wildman–Crippen MR) is 94.3 cm³/mol. The molecule has 1 saturated heterocycles. The van der Waals surface area contributed by atoms with Crippen molar-refractivity contribution >= 4 is 30.1 Å². The van der Waals surface area contributed by atoms with Gasteiger partial charge in [-0.05, 0) is 63.3 Å². The van der Waals surface area contributed by atoms with Crippen LogP contribution in [0.4, 0.5) is 0 Å². The highest BCUT2D eigenvalue weighted by Crippen LogP contribution is 2.27. The van der Waals surface area contributed by atoms with E-state index < -0.39 is 0 Å². The minimum absolute atomic E-state index is 0. The van der Waals surface area contributed by atoms with Gasteiger partial charge < -0.3 is 10.6 Å². The van der Waals surface area contributed by atoms with Crippen LogP contribution in [0.2, 0.25) is 0 Å². The number of piperidine rings is 1. The Morgan fingerprint density at radius 1 is 1.33 bits per heavy atom. The zero-order valence-electron chi connectivity index (χ0n) is 13.4. The van der Waals surface area contributed by atoms with Crippen LogP contribution >= 0.6 is 24.2 Å². The number of carbonyl (C=O) groups is 1. The molecule has 0 aromatic heterocycles. The number of hydrogen-bond acceptors (Lipinski definition) is 3. The van der Waals surface area contributed by atoms with Crippen molar-refractivity contribution in [2.24, 2.45) is 11.8 Å². The monoisotopic (exact) mass is 334 g/mol. The Labute approximate surface area is 140 Å². The van der Waals surface area contributed by atoms with E-state index in [1.807, 2.05) is 11.8 Å². The van der Waals surface area contributed by atoms with Crippen LogP contribution < -0.4 is 10.6 Å². The molecule has 4 unspecified atom stereocenters. The van der Waals surface area contributed by atoms with E-state index in [4.69, 9.17) is 0 Å². The van der Waals surface area contributed by atoms with Crippen LogP contribution in [-0.4, -0.2) is 36.5 Å². The third-order valence-electron chi connectivity index (χ3n) is 4.97. The van der Waals surface area contributed by atoms with Gasteiger partial charge in [0, 0.05) is 17.7 Å². The first kappa shape index (κ1) is 19.1. The molecular formula is C16H31ClN2OS. The minimum atomic E-state index is 0. The van der Waals surface area contributed by atoms with Gasteiger partial charge >= 0.3 is 0 Å². The molecule has 124 valence electrons. The highest BCUT2D eigenvalue weighted by Gasteiger charge is 2.25. The Morgan fingerprint density at radius 2 is 2.14 bits per heavy atom. The first-order valence-corrected chi connectivity index (χ1v) is 9.50. The third kappa shape index (κ3) is 6.37. The summed E-state index contributed by atoms with van der Waals surface area (Å²) < 4.78 is 0. The SMILES string of the molecule is CSC1CCCC(NC(=O)CC(C)C2CCCNC2)C1.Cl. The van der Waals surface area contributed by atoms with E-state index in [1.54, 1.807) is 0 Å². The molecule has 0 bridgehead atoms. The van der Waals surface area contributed by atoms with Gasteiger partial charge in [0.1, 0.15) is 0 Å². The van der Waals surface area contributed by atoms with Gasteiger partial charge in [-0.2, -0.15) is 11.8 Å². The van der Waals surface area contributed by atoms with Crippen molar-refractivity contribution in [1.82, 2.24) is 10.6 Å². The number of thioether (sulfide) groups is 1. The molecule has 21 heavy (non-hydrogen) atoms. The van der Waals surface area contributed by atoms with Gasteiger partial charge in [0.05, 0.1) is 0 Å². The van der Waals surface area contributed by atoms with Crippen LogP contribution in [-0.2, 0) is 4.79 Å². The lowest BCUT2D eigenvalue weighted by molar-refractivity contribution is -0.123. The summed E-state index contributed by atoms with van der Waals surface area (Å²) in [6.07, 6.45) is 10.3. The van der Waals surface area contributed by atoms with Crippen molar-refractivity contribution in [2.45, 2.75) is 63.2 Å². The fourth-order valence-corrected chi connectivity index (χ4v) is 4.43. The predicted octanol–water partition coefficient (Wildman–Crippen LogP) is 3.22. The van der Waals surface area contributed by atoms with E-state index in [0.717, 1.165) is 24.8 Å². The first-order chi connectivity index (χ1) is 9.69. The second-order valence-corrected chi connectivity index (χ2v) is 7.71. The van der Waals surface area contributed by atoms with Crippen LogP contribution in [0.25, 0.3) is 0 Å². The number of hydrogen-bond donors (Lipinski definition) is 2. The molecule has 0 radical (unpaired) electrons. The number of carbonyl (C=O) groups excluding carboxylic acids is 1. The van der Waals surface area contributed by atoms with E-state index in [0.29, 0.717) is 24.3 Å². The van der Waals surface area contributed by atoms with Gasteiger partial charge in [-0.15, -0.1) is 12.4 Å². The molecule has 1 saturated carbocycles. The van der Waals surface area contributed by atoms with E-state index in [9.17, 15) is 4.79 Å². The summed E-state index contributed by atoms with van der Waals surface area (Å²) >= 11 is 1.95. The van der Waals surface area contributed by atoms with Crippen LogP contribution in [0.1, 0.15) is 51.9 Å². The molecule has 0 aromatic rings. The van der Waals surface area contributed by atoms with Crippen molar-refractivity contribution in [3.63, 3.8) is 0 Å². The van der Waals surface area contributed by atoms with Crippen molar-refractivity contribution < 1.29 is 4.79 Å². The second-order valence-electron chi connectivity index (χ2n) is 6.58. The average molecular weight is 335 g/mol. The van der Waals surface area contributed by atoms with Gasteiger partial charge in [0.2, 0.25) is 5.91 Å². The number of halogens is 1. The standard InChI is InChI=1S/C16H30N2OS.ClH/c1-12(13-5-4-8-17-11-13)9-16(19)18-14-6-3-7-15(10-14)20-2;/h12-15,17H,3-11H2,1-2H3,(H,18,19);1H. The van der Waals surface area contributed by atoms with Gasteiger partial charge in [-0.25, -0.2) is 0 Å². The molecule has 2 N–H and O–H groups in total. The molecule has 3 nitrogen and oxygen atoms in total. The van der Waals surface area contributed by atoms with Gasteiger partial charge in [-0.3, -0.25) is 4.79 Å². The van der Waals surface area contributed by atoms with Crippen molar-refractivity contribution in [3.8, 4) is 0 Å². The Kier molecular flexibility index (Phi) is 9.07. The number of nitrogens with one attached hydrogen (secondary N) is 2. The van der Waals surface area contributed by atoms with Gasteiger partial charge in [-0.1, -0.05) is 13.3 Å². The lowest BCUT2D eigenvalue weighted by Crippen LogP contribution is -2.41. The first-order valence-electron chi connectivity index (χ1n) is 8.22. The summed E-state index contributed by atoms with van der Waals surface area (Å²) in [7, 11) is 0. The molecule has 5 heteroatoms. The van der Waals surface area contributed by atoms with E-state index in [1.165, 1.54) is 32.1 Å². The Bertz CT molecular complexity index is 305. The average Bonchev–Trinajstić information content (AvgIpc) is 2.48. The molecule has 2 rings (SSSR count). The van der Waals surface area contributed by atoms with Crippen molar-refractivity contribution in [1.29, 1.82) is 0 Å². The summed E-state index contributed by atoms with van der Waals surface area (Å²) in [5, 5.41) is 7.47. The van der Waals surface area contributed by atoms with E-state index in [2.05, 4.69) is 23.8 Å². The smallest absolute Gasteiger partial charge is 0.220 e. The Balaban J connectivity index is 0.00000220. The molecule has 2 fully saturated rings. The van der Waals surface area contributed by atoms with Crippen LogP contribution in [0, 0.1) is 11.8 Å². The number of amides is 1. The summed E-state index contributed by atoms with van der Waals surface area (Å²) in [5.74, 6) is 1.46. The van der Waals surface area contributed by atoms with E-state index in [-0.39, 0.29) is 18.3 Å². The highest BCUT2D eigenvalue weighted by atomic mass is 35.5. The van der Waals surface area contributed by atoms with Crippen molar-refractivity contribution in [2.75, 3.05) is 19.3 Å². The highest BCUT2D eigenvalue weighted by molar-refractivity contribution is 7.99. The molecule has 1 aliphatic carbocycles. The molecule has 0 spiro atoms. The van der Waals surface area contributed by atoms with Crippen LogP contribution in [0.3, 0.4) is 0 Å². The van der Waals surface area contributed by atoms with Crippen LogP contribution in [0.15, 0.2) is 0 Å². The molecular weight excluding hydrogens is 304 g/mol. The normalized spacial score (nSPS) is 31.0. The molecule has 1 amide bonds. The summed E-state index contributed by atoms with van der Waals surface area (Å²) in [4.78, 5) is 12.2. The fraction of sp³-hybridized carbons (Fsp3) is 0.938. The lowest BCUT2D eigenvalue weighted by atomic mass is 9.85. The maximum absolute atomic E-state index is 12.2. The van der Waals surface area contributed by atoms with Crippen molar-refractivity contribution in [3.05, 3.63) is 0 Å². The summed E-state index contributed by atoms with van der Waals surface area (Å²) in [5.41, 5.74) is 0. The third-order valence-corrected chi connectivity index (χ3v) is 6.07.